The molecule has 0 radical (unpaired) electrons. The Morgan fingerprint density at radius 3 is 2.44 bits per heavy atom. The van der Waals surface area contributed by atoms with Crippen LogP contribution in [0.5, 0.6) is 5.75 Å². The Labute approximate surface area is 159 Å². The number of rotatable bonds is 4. The minimum atomic E-state index is -0.280. The van der Waals surface area contributed by atoms with Crippen molar-refractivity contribution in [2.75, 3.05) is 12.8 Å². The number of pyridine rings is 2. The lowest BCUT2D eigenvalue weighted by Crippen LogP contribution is -1.95. The Morgan fingerprint density at radius 2 is 1.74 bits per heavy atom. The molecule has 3 heterocycles. The number of benzene rings is 1. The van der Waals surface area contributed by atoms with Crippen LogP contribution in [0.15, 0.2) is 61.1 Å². The molecule has 134 valence electrons. The Balaban J connectivity index is 1.90. The molecule has 0 aliphatic heterocycles. The molecule has 0 atom stereocenters. The molecule has 0 saturated heterocycles. The van der Waals surface area contributed by atoms with Gasteiger partial charge in [0.05, 0.1) is 17.7 Å². The first kappa shape index (κ1) is 17.1. The number of hydrogen-bond acceptors (Lipinski definition) is 6. The minimum Gasteiger partial charge on any atom is -0.493 e. The topological polar surface area (TPSA) is 73.9 Å². The summed E-state index contributed by atoms with van der Waals surface area (Å²) in [7, 11) is 1.55. The molecule has 0 bridgehead atoms. The zero-order valence-corrected chi connectivity index (χ0v) is 15.2. The van der Waals surface area contributed by atoms with Crippen molar-refractivity contribution in [3.8, 4) is 38.0 Å². The SMILES string of the molecule is COc1cc(-c2sc(-c3ccc(F)cc3)nc2-c2ccncc2)cnc1N. The molecule has 0 unspecified atom stereocenters. The molecule has 0 saturated carbocycles. The number of halogens is 1. The number of anilines is 1. The van der Waals surface area contributed by atoms with E-state index in [2.05, 4.69) is 9.97 Å². The second-order valence-corrected chi connectivity index (χ2v) is 6.75. The van der Waals surface area contributed by atoms with Crippen LogP contribution in [0.3, 0.4) is 0 Å². The molecule has 2 N–H and O–H groups in total. The molecule has 3 aromatic heterocycles. The number of nitrogens with two attached hydrogens (primary N) is 1. The van der Waals surface area contributed by atoms with Gasteiger partial charge in [-0.15, -0.1) is 11.3 Å². The van der Waals surface area contributed by atoms with Crippen LogP contribution in [0.1, 0.15) is 0 Å². The van der Waals surface area contributed by atoms with E-state index in [1.54, 1.807) is 37.8 Å². The van der Waals surface area contributed by atoms with Crippen molar-refractivity contribution in [1.29, 1.82) is 0 Å². The van der Waals surface area contributed by atoms with Crippen LogP contribution >= 0.6 is 11.3 Å². The predicted octanol–water partition coefficient (Wildman–Crippen LogP) is 4.66. The van der Waals surface area contributed by atoms with Crippen LogP contribution < -0.4 is 10.5 Å². The zero-order valence-electron chi connectivity index (χ0n) is 14.4. The second-order valence-electron chi connectivity index (χ2n) is 5.75. The van der Waals surface area contributed by atoms with Crippen LogP contribution in [0.25, 0.3) is 32.3 Å². The zero-order chi connectivity index (χ0) is 18.8. The van der Waals surface area contributed by atoms with Gasteiger partial charge in [0, 0.05) is 35.3 Å². The first-order valence-corrected chi connectivity index (χ1v) is 8.94. The number of ether oxygens (including phenoxy) is 1. The van der Waals surface area contributed by atoms with Crippen LogP contribution in [0.2, 0.25) is 0 Å². The second kappa shape index (κ2) is 7.13. The molecule has 0 aliphatic carbocycles. The first-order valence-electron chi connectivity index (χ1n) is 8.13. The van der Waals surface area contributed by atoms with E-state index < -0.39 is 0 Å². The molecule has 0 amide bonds. The Bertz CT molecular complexity index is 1080. The van der Waals surface area contributed by atoms with E-state index in [0.29, 0.717) is 11.6 Å². The van der Waals surface area contributed by atoms with Gasteiger partial charge in [0.15, 0.2) is 11.6 Å². The summed E-state index contributed by atoms with van der Waals surface area (Å²) in [5.41, 5.74) is 9.27. The fourth-order valence-corrected chi connectivity index (χ4v) is 3.75. The summed E-state index contributed by atoms with van der Waals surface area (Å²) >= 11 is 1.50. The van der Waals surface area contributed by atoms with E-state index in [1.165, 1.54) is 23.5 Å². The van der Waals surface area contributed by atoms with Crippen LogP contribution in [-0.4, -0.2) is 22.1 Å². The third kappa shape index (κ3) is 3.37. The molecule has 4 aromatic rings. The molecule has 0 spiro atoms. The van der Waals surface area contributed by atoms with Crippen molar-refractivity contribution < 1.29 is 9.13 Å². The summed E-state index contributed by atoms with van der Waals surface area (Å²) in [6.45, 7) is 0. The van der Waals surface area contributed by atoms with Gasteiger partial charge >= 0.3 is 0 Å². The monoisotopic (exact) mass is 378 g/mol. The summed E-state index contributed by atoms with van der Waals surface area (Å²) in [6, 6.07) is 11.9. The van der Waals surface area contributed by atoms with Gasteiger partial charge in [0.25, 0.3) is 0 Å². The maximum atomic E-state index is 13.3. The highest BCUT2D eigenvalue weighted by Gasteiger charge is 2.17. The van der Waals surface area contributed by atoms with Crippen LogP contribution in [-0.2, 0) is 0 Å². The molecule has 4 rings (SSSR count). The summed E-state index contributed by atoms with van der Waals surface area (Å²) < 4.78 is 18.6. The number of aromatic nitrogens is 3. The highest BCUT2D eigenvalue weighted by Crippen LogP contribution is 2.41. The minimum absolute atomic E-state index is 0.280. The molecular formula is C20H15FN4OS. The first-order chi connectivity index (χ1) is 13.2. The number of methoxy groups -OCH3 is 1. The third-order valence-corrected chi connectivity index (χ3v) is 5.19. The number of nitrogen functional groups attached to an aromatic ring is 1. The predicted molar refractivity (Wildman–Crippen MR) is 105 cm³/mol. The summed E-state index contributed by atoms with van der Waals surface area (Å²) in [4.78, 5) is 14.0. The van der Waals surface area contributed by atoms with Crippen molar-refractivity contribution in [3.63, 3.8) is 0 Å². The maximum absolute atomic E-state index is 13.3. The highest BCUT2D eigenvalue weighted by molar-refractivity contribution is 7.19. The standard InChI is InChI=1S/C20H15FN4OS/c1-26-16-10-14(11-24-19(16)22)18-17(12-6-8-23-9-7-12)25-20(27-18)13-2-4-15(21)5-3-13/h2-11H,1H3,(H2,22,24). The molecule has 7 heteroatoms. The fraction of sp³-hybridized carbons (Fsp3) is 0.0500. The normalized spacial score (nSPS) is 10.7. The lowest BCUT2D eigenvalue weighted by Gasteiger charge is -2.06. The Morgan fingerprint density at radius 1 is 1.00 bits per heavy atom. The molecule has 0 aliphatic rings. The quantitative estimate of drug-likeness (QED) is 0.559. The maximum Gasteiger partial charge on any atom is 0.166 e. The lowest BCUT2D eigenvalue weighted by molar-refractivity contribution is 0.415. The van der Waals surface area contributed by atoms with E-state index in [9.17, 15) is 4.39 Å². The number of thiazole rings is 1. The van der Waals surface area contributed by atoms with Gasteiger partial charge in [-0.1, -0.05) is 0 Å². The van der Waals surface area contributed by atoms with Crippen molar-refractivity contribution in [2.24, 2.45) is 0 Å². The summed E-state index contributed by atoms with van der Waals surface area (Å²) in [5.74, 6) is 0.553. The van der Waals surface area contributed by atoms with E-state index in [4.69, 9.17) is 15.5 Å². The highest BCUT2D eigenvalue weighted by atomic mass is 32.1. The van der Waals surface area contributed by atoms with Crippen molar-refractivity contribution >= 4 is 17.2 Å². The summed E-state index contributed by atoms with van der Waals surface area (Å²) in [5, 5.41) is 0.785. The van der Waals surface area contributed by atoms with Gasteiger partial charge in [0.1, 0.15) is 10.8 Å². The van der Waals surface area contributed by atoms with E-state index in [-0.39, 0.29) is 5.82 Å². The smallest absolute Gasteiger partial charge is 0.166 e. The molecule has 5 nitrogen and oxygen atoms in total. The van der Waals surface area contributed by atoms with E-state index in [0.717, 1.165) is 32.3 Å². The van der Waals surface area contributed by atoms with Crippen molar-refractivity contribution in [3.05, 3.63) is 66.9 Å². The lowest BCUT2D eigenvalue weighted by atomic mass is 10.1. The summed E-state index contributed by atoms with van der Waals surface area (Å²) in [6.07, 6.45) is 5.14. The molecule has 0 fully saturated rings. The van der Waals surface area contributed by atoms with Crippen LogP contribution in [0.4, 0.5) is 10.2 Å². The largest absolute Gasteiger partial charge is 0.493 e. The van der Waals surface area contributed by atoms with E-state index >= 15 is 0 Å². The average Bonchev–Trinajstić information content (AvgIpc) is 3.15. The average molecular weight is 378 g/mol. The van der Waals surface area contributed by atoms with Gasteiger partial charge in [-0.3, -0.25) is 4.98 Å². The molecule has 27 heavy (non-hydrogen) atoms. The number of hydrogen-bond donors (Lipinski definition) is 1. The fourth-order valence-electron chi connectivity index (χ4n) is 2.68. The Kier molecular flexibility index (Phi) is 4.52. The van der Waals surface area contributed by atoms with Gasteiger partial charge in [0.2, 0.25) is 0 Å². The number of nitrogens with zero attached hydrogens (tertiary/aromatic N) is 3. The van der Waals surface area contributed by atoms with Crippen molar-refractivity contribution in [2.45, 2.75) is 0 Å². The van der Waals surface area contributed by atoms with Gasteiger partial charge < -0.3 is 10.5 Å². The third-order valence-electron chi connectivity index (χ3n) is 4.04. The van der Waals surface area contributed by atoms with Gasteiger partial charge in [-0.2, -0.15) is 0 Å². The van der Waals surface area contributed by atoms with Crippen LogP contribution in [0, 0.1) is 5.82 Å². The van der Waals surface area contributed by atoms with Gasteiger partial charge in [-0.05, 0) is 42.5 Å². The molecular weight excluding hydrogens is 363 g/mol. The van der Waals surface area contributed by atoms with E-state index in [1.807, 2.05) is 18.2 Å². The Hall–Kier alpha value is -3.32. The van der Waals surface area contributed by atoms with Gasteiger partial charge in [-0.25, -0.2) is 14.4 Å². The molecule has 1 aromatic carbocycles. The van der Waals surface area contributed by atoms with Crippen molar-refractivity contribution in [1.82, 2.24) is 15.0 Å².